The third kappa shape index (κ3) is 3.29. The molecule has 106 valence electrons. The number of nitrogens with zero attached hydrogens (tertiary/aromatic N) is 2. The number of nitrogens with two attached hydrogens (primary N) is 1. The first-order chi connectivity index (χ1) is 9.17. The van der Waals surface area contributed by atoms with E-state index in [1.807, 2.05) is 11.3 Å². The highest BCUT2D eigenvalue weighted by Gasteiger charge is 2.31. The minimum absolute atomic E-state index is 0.479. The summed E-state index contributed by atoms with van der Waals surface area (Å²) in [5.74, 6) is 2.32. The third-order valence-electron chi connectivity index (χ3n) is 4.07. The Bertz CT molecular complexity index is 419. The van der Waals surface area contributed by atoms with E-state index in [0.29, 0.717) is 12.5 Å². The number of hydrogen-bond donors (Lipinski definition) is 1. The van der Waals surface area contributed by atoms with Crippen LogP contribution in [-0.4, -0.2) is 18.1 Å². The molecule has 0 atom stereocenters. The lowest BCUT2D eigenvalue weighted by atomic mass is 10.1. The number of thiazole rings is 1. The molecule has 1 aromatic rings. The number of rotatable bonds is 7. The first kappa shape index (κ1) is 13.4. The molecule has 3 rings (SSSR count). The second-order valence-corrected chi connectivity index (χ2v) is 7.52. The second-order valence-electron chi connectivity index (χ2n) is 6.46. The fraction of sp³-hybridized carbons (Fsp3) is 0.800. The summed E-state index contributed by atoms with van der Waals surface area (Å²) in [6.07, 6.45) is 5.64. The second kappa shape index (κ2) is 5.41. The summed E-state index contributed by atoms with van der Waals surface area (Å²) in [6.45, 7) is 7.48. The van der Waals surface area contributed by atoms with Crippen LogP contribution in [0.2, 0.25) is 0 Å². The van der Waals surface area contributed by atoms with E-state index in [9.17, 15) is 0 Å². The Morgan fingerprint density at radius 2 is 1.79 bits per heavy atom. The molecule has 4 heteroatoms. The summed E-state index contributed by atoms with van der Waals surface area (Å²) in [7, 11) is 0. The van der Waals surface area contributed by atoms with E-state index in [-0.39, 0.29) is 0 Å². The van der Waals surface area contributed by atoms with Crippen molar-refractivity contribution < 1.29 is 0 Å². The van der Waals surface area contributed by atoms with Crippen molar-refractivity contribution >= 4 is 16.5 Å². The molecule has 1 aromatic heterocycles. The highest BCUT2D eigenvalue weighted by atomic mass is 32.1. The van der Waals surface area contributed by atoms with Crippen molar-refractivity contribution in [3.8, 4) is 0 Å². The molecule has 0 spiro atoms. The van der Waals surface area contributed by atoms with Gasteiger partial charge in [0.2, 0.25) is 0 Å². The first-order valence-corrected chi connectivity index (χ1v) is 8.43. The Morgan fingerprint density at radius 3 is 2.16 bits per heavy atom. The van der Waals surface area contributed by atoms with Gasteiger partial charge >= 0.3 is 0 Å². The predicted octanol–water partition coefficient (Wildman–Crippen LogP) is 3.35. The molecule has 0 bridgehead atoms. The van der Waals surface area contributed by atoms with Crippen LogP contribution in [0.4, 0.5) is 5.13 Å². The van der Waals surface area contributed by atoms with Crippen molar-refractivity contribution in [1.82, 2.24) is 4.98 Å². The van der Waals surface area contributed by atoms with Crippen LogP contribution in [-0.2, 0) is 6.54 Å². The monoisotopic (exact) mass is 279 g/mol. The van der Waals surface area contributed by atoms with Gasteiger partial charge in [0, 0.05) is 24.5 Å². The van der Waals surface area contributed by atoms with Gasteiger partial charge in [-0.2, -0.15) is 0 Å². The zero-order valence-electron chi connectivity index (χ0n) is 12.1. The van der Waals surface area contributed by atoms with Crippen molar-refractivity contribution in [2.45, 2.75) is 52.0 Å². The molecule has 2 fully saturated rings. The minimum atomic E-state index is 0.479. The van der Waals surface area contributed by atoms with Crippen molar-refractivity contribution in [3.63, 3.8) is 0 Å². The van der Waals surface area contributed by atoms with Gasteiger partial charge in [-0.25, -0.2) is 4.98 Å². The highest BCUT2D eigenvalue weighted by molar-refractivity contribution is 7.15. The molecular weight excluding hydrogens is 254 g/mol. The van der Waals surface area contributed by atoms with Crippen LogP contribution in [0.25, 0.3) is 0 Å². The maximum Gasteiger partial charge on any atom is 0.185 e. The molecule has 2 aliphatic carbocycles. The number of aromatic nitrogens is 1. The van der Waals surface area contributed by atoms with Gasteiger partial charge in [0.05, 0.1) is 5.69 Å². The van der Waals surface area contributed by atoms with Crippen LogP contribution in [0.5, 0.6) is 0 Å². The molecule has 2 aliphatic rings. The quantitative estimate of drug-likeness (QED) is 0.832. The lowest BCUT2D eigenvalue weighted by Gasteiger charge is -2.21. The average molecular weight is 279 g/mol. The van der Waals surface area contributed by atoms with Crippen LogP contribution in [0, 0.1) is 11.8 Å². The van der Waals surface area contributed by atoms with Gasteiger partial charge in [-0.3, -0.25) is 0 Å². The van der Waals surface area contributed by atoms with Gasteiger partial charge in [-0.05, 0) is 43.4 Å². The van der Waals surface area contributed by atoms with E-state index >= 15 is 0 Å². The van der Waals surface area contributed by atoms with E-state index in [1.54, 1.807) is 0 Å². The van der Waals surface area contributed by atoms with Gasteiger partial charge in [0.1, 0.15) is 0 Å². The molecule has 2 N–H and O–H groups in total. The van der Waals surface area contributed by atoms with E-state index in [2.05, 4.69) is 18.7 Å². The lowest BCUT2D eigenvalue weighted by Crippen LogP contribution is -2.27. The Labute approximate surface area is 120 Å². The minimum Gasteiger partial charge on any atom is -0.348 e. The molecule has 3 nitrogen and oxygen atoms in total. The van der Waals surface area contributed by atoms with Gasteiger partial charge in [0.25, 0.3) is 0 Å². The van der Waals surface area contributed by atoms with Crippen molar-refractivity contribution in [2.75, 3.05) is 18.0 Å². The third-order valence-corrected chi connectivity index (χ3v) is 5.22. The molecule has 0 aliphatic heterocycles. The van der Waals surface area contributed by atoms with Gasteiger partial charge < -0.3 is 10.6 Å². The zero-order chi connectivity index (χ0) is 13.4. The summed E-state index contributed by atoms with van der Waals surface area (Å²) < 4.78 is 0. The predicted molar refractivity (Wildman–Crippen MR) is 81.8 cm³/mol. The van der Waals surface area contributed by atoms with Crippen LogP contribution in [0.15, 0.2) is 0 Å². The van der Waals surface area contributed by atoms with E-state index < -0.39 is 0 Å². The highest BCUT2D eigenvalue weighted by Crippen LogP contribution is 2.38. The number of hydrogen-bond acceptors (Lipinski definition) is 4. The normalized spacial score (nSPS) is 19.2. The van der Waals surface area contributed by atoms with E-state index in [0.717, 1.165) is 11.8 Å². The molecule has 0 aromatic carbocycles. The molecule has 0 amide bonds. The Kier molecular flexibility index (Phi) is 3.81. The summed E-state index contributed by atoms with van der Waals surface area (Å²) in [6, 6.07) is 0. The van der Waals surface area contributed by atoms with E-state index in [1.165, 1.54) is 54.5 Å². The van der Waals surface area contributed by atoms with Gasteiger partial charge in [0.15, 0.2) is 5.13 Å². The summed E-state index contributed by atoms with van der Waals surface area (Å²) >= 11 is 1.83. The SMILES string of the molecule is CC(C)c1nc(N(CC2CC2)CC2CC2)sc1CN. The largest absolute Gasteiger partial charge is 0.348 e. The number of anilines is 1. The topological polar surface area (TPSA) is 42.2 Å². The maximum atomic E-state index is 5.88. The fourth-order valence-electron chi connectivity index (χ4n) is 2.54. The molecule has 0 unspecified atom stereocenters. The average Bonchev–Trinajstić information content (AvgIpc) is 3.29. The van der Waals surface area contributed by atoms with E-state index in [4.69, 9.17) is 10.7 Å². The summed E-state index contributed by atoms with van der Waals surface area (Å²) in [5.41, 5.74) is 7.10. The van der Waals surface area contributed by atoms with Crippen LogP contribution in [0.1, 0.15) is 56.0 Å². The summed E-state index contributed by atoms with van der Waals surface area (Å²) in [4.78, 5) is 8.73. The molecule has 0 radical (unpaired) electrons. The van der Waals surface area contributed by atoms with Gasteiger partial charge in [-0.1, -0.05) is 13.8 Å². The molecule has 1 heterocycles. The van der Waals surface area contributed by atoms with Crippen molar-refractivity contribution in [3.05, 3.63) is 10.6 Å². The Balaban J connectivity index is 1.78. The standard InChI is InChI=1S/C15H25N3S/c1-10(2)14-13(7-16)19-15(17-14)18(8-11-3-4-11)9-12-5-6-12/h10-12H,3-9,16H2,1-2H3. The van der Waals surface area contributed by atoms with Crippen molar-refractivity contribution in [2.24, 2.45) is 17.6 Å². The fourth-order valence-corrected chi connectivity index (χ4v) is 3.65. The smallest absolute Gasteiger partial charge is 0.185 e. The molecule has 19 heavy (non-hydrogen) atoms. The molecule has 2 saturated carbocycles. The zero-order valence-corrected chi connectivity index (χ0v) is 12.9. The maximum absolute atomic E-state index is 5.88. The Hall–Kier alpha value is -0.610. The molecular formula is C15H25N3S. The first-order valence-electron chi connectivity index (χ1n) is 7.62. The lowest BCUT2D eigenvalue weighted by molar-refractivity contribution is 0.674. The van der Waals surface area contributed by atoms with Crippen molar-refractivity contribution in [1.29, 1.82) is 0 Å². The Morgan fingerprint density at radius 1 is 1.21 bits per heavy atom. The van der Waals surface area contributed by atoms with Crippen LogP contribution in [0.3, 0.4) is 0 Å². The summed E-state index contributed by atoms with van der Waals surface area (Å²) in [5, 5.41) is 1.22. The van der Waals surface area contributed by atoms with Gasteiger partial charge in [-0.15, -0.1) is 11.3 Å². The molecule has 0 saturated heterocycles. The van der Waals surface area contributed by atoms with Crippen LogP contribution >= 0.6 is 11.3 Å². The van der Waals surface area contributed by atoms with Crippen LogP contribution < -0.4 is 10.6 Å².